The highest BCUT2D eigenvalue weighted by molar-refractivity contribution is 5.96. The molecule has 6 nitrogen and oxygen atoms in total. The van der Waals surface area contributed by atoms with E-state index in [2.05, 4.69) is 52.5 Å². The normalized spacial score (nSPS) is 32.6. The van der Waals surface area contributed by atoms with Crippen LogP contribution in [0.15, 0.2) is 100 Å². The largest absolute Gasteiger partial charge is 0.393 e. The van der Waals surface area contributed by atoms with Gasteiger partial charge in [-0.15, -0.1) is 5.73 Å². The van der Waals surface area contributed by atoms with Gasteiger partial charge in [0.2, 0.25) is 0 Å². The van der Waals surface area contributed by atoms with E-state index in [1.165, 1.54) is 0 Å². The molecule has 2 saturated carbocycles. The molecule has 0 radical (unpaired) electrons. The Labute approximate surface area is 289 Å². The second-order valence-electron chi connectivity index (χ2n) is 15.7. The molecule has 1 aliphatic heterocycles. The highest BCUT2D eigenvalue weighted by Crippen LogP contribution is 2.67. The van der Waals surface area contributed by atoms with E-state index in [1.54, 1.807) is 0 Å². The highest BCUT2D eigenvalue weighted by Gasteiger charge is 2.76. The summed E-state index contributed by atoms with van der Waals surface area (Å²) in [4.78, 5) is 23.7. The van der Waals surface area contributed by atoms with Crippen LogP contribution in [-0.2, 0) is 19.3 Å². The van der Waals surface area contributed by atoms with Crippen LogP contribution in [0, 0.1) is 10.8 Å². The van der Waals surface area contributed by atoms with Gasteiger partial charge in [0.05, 0.1) is 30.0 Å². The van der Waals surface area contributed by atoms with Crippen LogP contribution < -0.4 is 0 Å². The first-order valence-corrected chi connectivity index (χ1v) is 17.4. The van der Waals surface area contributed by atoms with Gasteiger partial charge < -0.3 is 14.9 Å². The number of carbonyl (C=O) groups excluding carboxylic acids is 1. The first-order chi connectivity index (χ1) is 22.3. The van der Waals surface area contributed by atoms with Gasteiger partial charge in [-0.25, -0.2) is 9.78 Å². The molecule has 0 aromatic heterocycles. The summed E-state index contributed by atoms with van der Waals surface area (Å²) in [6, 6.07) is 0. The average Bonchev–Trinajstić information content (AvgIpc) is 3.57. The Bertz CT molecular complexity index is 1450. The van der Waals surface area contributed by atoms with Gasteiger partial charge in [0.25, 0.3) is 0 Å². The van der Waals surface area contributed by atoms with Crippen LogP contribution in [0.4, 0.5) is 0 Å². The number of Topliss-reactive ketones (excluding diaryl/α,β-unsaturated/α-hetero) is 1. The molecule has 5 atom stereocenters. The number of hydrogen-bond acceptors (Lipinski definition) is 6. The van der Waals surface area contributed by atoms with E-state index in [0.29, 0.717) is 37.9 Å². The van der Waals surface area contributed by atoms with Gasteiger partial charge >= 0.3 is 0 Å². The number of ketones is 1. The van der Waals surface area contributed by atoms with Gasteiger partial charge in [-0.1, -0.05) is 99.6 Å². The smallest absolute Gasteiger partial charge is 0.161 e. The van der Waals surface area contributed by atoms with Gasteiger partial charge in [-0.3, -0.25) is 4.79 Å². The average molecular weight is 661 g/mol. The third-order valence-electron chi connectivity index (χ3n) is 10.1. The number of allylic oxidation sites excluding steroid dienone is 14. The van der Waals surface area contributed by atoms with Crippen LogP contribution in [0.3, 0.4) is 0 Å². The molecule has 1 saturated heterocycles. The van der Waals surface area contributed by atoms with E-state index < -0.39 is 16.8 Å². The topological polar surface area (TPSA) is 88.5 Å². The Morgan fingerprint density at radius 1 is 0.854 bits per heavy atom. The Hall–Kier alpha value is -2.83. The molecule has 264 valence electrons. The molecule has 2 aliphatic carbocycles. The van der Waals surface area contributed by atoms with Crippen molar-refractivity contribution in [2.24, 2.45) is 10.8 Å². The SMILES string of the molecule is CCOOC1CC(C)(C)C(=C=C/C(C)=C/C=C/C(C)=C/C=C/C=C(C)/C=C/C=C(\C)C(=O)CC23OC2(C)CC(O)CC3(C)C)[C@](C)(O)C1. The van der Waals surface area contributed by atoms with Crippen molar-refractivity contribution < 1.29 is 29.5 Å². The lowest BCUT2D eigenvalue weighted by Crippen LogP contribution is -2.48. The summed E-state index contributed by atoms with van der Waals surface area (Å²) < 4.78 is 6.19. The predicted octanol–water partition coefficient (Wildman–Crippen LogP) is 9.10. The Morgan fingerprint density at radius 3 is 2.00 bits per heavy atom. The zero-order chi connectivity index (χ0) is 36.0. The number of aliphatic hydroxyl groups is 2. The minimum atomic E-state index is -1.02. The van der Waals surface area contributed by atoms with Gasteiger partial charge in [0, 0.05) is 24.8 Å². The Morgan fingerprint density at radius 2 is 1.44 bits per heavy atom. The molecule has 1 heterocycles. The molecule has 48 heavy (non-hydrogen) atoms. The first kappa shape index (κ1) is 39.6. The van der Waals surface area contributed by atoms with Gasteiger partial charge in [-0.05, 0) is 89.4 Å². The lowest BCUT2D eigenvalue weighted by atomic mass is 9.61. The van der Waals surface area contributed by atoms with Crippen LogP contribution in [0.1, 0.15) is 108 Å². The molecule has 2 N–H and O–H groups in total. The Balaban J connectivity index is 1.53. The molecular formula is C42H60O6. The second-order valence-corrected chi connectivity index (χ2v) is 15.7. The van der Waals surface area contributed by atoms with Gasteiger partial charge in [0.15, 0.2) is 5.78 Å². The summed E-state index contributed by atoms with van der Waals surface area (Å²) in [6.45, 7) is 22.6. The second kappa shape index (κ2) is 15.8. The van der Waals surface area contributed by atoms with Crippen molar-refractivity contribution in [1.29, 1.82) is 0 Å². The lowest BCUT2D eigenvalue weighted by Gasteiger charge is -2.44. The summed E-state index contributed by atoms with van der Waals surface area (Å²) in [7, 11) is 0. The molecule has 4 unspecified atom stereocenters. The highest BCUT2D eigenvalue weighted by atomic mass is 17.2. The van der Waals surface area contributed by atoms with E-state index in [1.807, 2.05) is 96.2 Å². The van der Waals surface area contributed by atoms with E-state index in [9.17, 15) is 15.0 Å². The van der Waals surface area contributed by atoms with Crippen molar-refractivity contribution in [3.63, 3.8) is 0 Å². The molecular weight excluding hydrogens is 600 g/mol. The van der Waals surface area contributed by atoms with Crippen molar-refractivity contribution in [3.8, 4) is 0 Å². The zero-order valence-corrected chi connectivity index (χ0v) is 31.3. The molecule has 0 bridgehead atoms. The van der Waals surface area contributed by atoms with Crippen LogP contribution in [0.25, 0.3) is 0 Å². The molecule has 3 fully saturated rings. The fourth-order valence-corrected chi connectivity index (χ4v) is 7.67. The quantitative estimate of drug-likeness (QED) is 0.0512. The maximum atomic E-state index is 13.1. The molecule has 3 aliphatic rings. The summed E-state index contributed by atoms with van der Waals surface area (Å²) >= 11 is 0. The van der Waals surface area contributed by atoms with Gasteiger partial charge in [-0.2, -0.15) is 0 Å². The fourth-order valence-electron chi connectivity index (χ4n) is 7.67. The fraction of sp³-hybridized carbons (Fsp3) is 0.571. The summed E-state index contributed by atoms with van der Waals surface area (Å²) in [6.07, 6.45) is 24.2. The number of aliphatic hydroxyl groups excluding tert-OH is 1. The van der Waals surface area contributed by atoms with E-state index in [0.717, 1.165) is 28.7 Å². The number of rotatable bonds is 13. The number of hydrogen-bond donors (Lipinski definition) is 2. The summed E-state index contributed by atoms with van der Waals surface area (Å²) in [5.41, 5.74) is 5.71. The van der Waals surface area contributed by atoms with Crippen molar-refractivity contribution in [1.82, 2.24) is 0 Å². The van der Waals surface area contributed by atoms with Crippen molar-refractivity contribution in [2.75, 3.05) is 6.61 Å². The van der Waals surface area contributed by atoms with E-state index >= 15 is 0 Å². The molecule has 0 aromatic carbocycles. The maximum absolute atomic E-state index is 13.1. The lowest BCUT2D eigenvalue weighted by molar-refractivity contribution is -0.334. The predicted molar refractivity (Wildman–Crippen MR) is 195 cm³/mol. The standard InChI is InChI=1S/C42H60O6/c1-12-46-47-35-27-38(6,7)37(40(10,45)28-35)24-23-32(4)20-15-19-30(2)17-13-14-18-31(3)21-16-22-33(5)36(44)29-42-39(8,9)25-34(43)26-41(42,11)48-42/h13-23,34-35,43,45H,12,25-29H2,1-11H3/b14-13+,19-15+,21-16+,30-17+,31-18+,32-20+,33-22+/t24?,34?,35?,40-,41?,42?/m1/s1. The van der Waals surface area contributed by atoms with Crippen LogP contribution in [0.5, 0.6) is 0 Å². The minimum Gasteiger partial charge on any atom is -0.393 e. The van der Waals surface area contributed by atoms with Crippen molar-refractivity contribution in [3.05, 3.63) is 100 Å². The number of carbonyl (C=O) groups is 1. The molecule has 6 heteroatoms. The zero-order valence-electron chi connectivity index (χ0n) is 31.3. The number of fused-ring (bicyclic) bond motifs is 1. The summed E-state index contributed by atoms with van der Waals surface area (Å²) in [5.74, 6) is 0.0877. The van der Waals surface area contributed by atoms with Crippen molar-refractivity contribution >= 4 is 5.78 Å². The van der Waals surface area contributed by atoms with Crippen LogP contribution in [-0.4, -0.2) is 51.6 Å². The first-order valence-electron chi connectivity index (χ1n) is 17.4. The third kappa shape index (κ3) is 9.88. The van der Waals surface area contributed by atoms with Crippen molar-refractivity contribution in [2.45, 2.75) is 137 Å². The Kier molecular flexibility index (Phi) is 13.0. The van der Waals surface area contributed by atoms with Crippen LogP contribution in [0.2, 0.25) is 0 Å². The summed E-state index contributed by atoms with van der Waals surface area (Å²) in [5, 5.41) is 21.4. The number of epoxide rings is 1. The maximum Gasteiger partial charge on any atom is 0.161 e. The number of ether oxygens (including phenoxy) is 1. The monoisotopic (exact) mass is 660 g/mol. The van der Waals surface area contributed by atoms with Crippen LogP contribution >= 0.6 is 0 Å². The van der Waals surface area contributed by atoms with E-state index in [-0.39, 0.29) is 28.8 Å². The van der Waals surface area contributed by atoms with Gasteiger partial charge in [0.1, 0.15) is 5.60 Å². The molecule has 0 amide bonds. The molecule has 3 rings (SSSR count). The third-order valence-corrected chi connectivity index (χ3v) is 10.1. The van der Waals surface area contributed by atoms with E-state index in [4.69, 9.17) is 14.5 Å². The minimum absolute atomic E-state index is 0.0877. The molecule has 0 spiro atoms. The molecule has 0 aromatic rings.